The molecule has 24 heavy (non-hydrogen) atoms. The number of benzene rings is 1. The van der Waals surface area contributed by atoms with E-state index in [0.717, 1.165) is 19.3 Å². The smallest absolute Gasteiger partial charge is 0.329 e. The van der Waals surface area contributed by atoms with Gasteiger partial charge in [-0.2, -0.15) is 0 Å². The predicted molar refractivity (Wildman–Crippen MR) is 88.8 cm³/mol. The molecule has 0 saturated heterocycles. The highest BCUT2D eigenvalue weighted by Crippen LogP contribution is 2.34. The molecule has 1 aliphatic rings. The third-order valence-electron chi connectivity index (χ3n) is 4.57. The highest BCUT2D eigenvalue weighted by molar-refractivity contribution is 7.88. The van der Waals surface area contributed by atoms with E-state index < -0.39 is 27.4 Å². The first kappa shape index (κ1) is 18.4. The molecule has 8 heteroatoms. The van der Waals surface area contributed by atoms with Crippen LogP contribution in [0, 0.1) is 0 Å². The zero-order chi connectivity index (χ0) is 18.0. The molecular weight excluding hydrogens is 332 g/mol. The summed E-state index contributed by atoms with van der Waals surface area (Å²) in [6.45, 7) is 0. The number of carbonyl (C=O) groups excluding carboxylic acids is 1. The summed E-state index contributed by atoms with van der Waals surface area (Å²) < 4.78 is 22.4. The molecule has 0 bridgehead atoms. The maximum absolute atomic E-state index is 12.8. The molecule has 1 amide bonds. The van der Waals surface area contributed by atoms with E-state index in [1.165, 1.54) is 18.0 Å². The fourth-order valence-corrected chi connectivity index (χ4v) is 3.89. The number of carboxylic acids is 1. The zero-order valence-electron chi connectivity index (χ0n) is 13.6. The van der Waals surface area contributed by atoms with E-state index in [1.807, 2.05) is 0 Å². The van der Waals surface area contributed by atoms with Crippen LogP contribution in [-0.2, 0) is 20.6 Å². The highest BCUT2D eigenvalue weighted by Gasteiger charge is 2.45. The molecule has 0 radical (unpaired) electrons. The third-order valence-corrected chi connectivity index (χ3v) is 5.30. The molecule has 132 valence electrons. The van der Waals surface area contributed by atoms with E-state index in [0.29, 0.717) is 18.4 Å². The first-order valence-electron chi connectivity index (χ1n) is 7.77. The summed E-state index contributed by atoms with van der Waals surface area (Å²) in [5.74, 6) is -1.81. The van der Waals surface area contributed by atoms with Crippen molar-refractivity contribution < 1.29 is 23.1 Å². The van der Waals surface area contributed by atoms with Gasteiger partial charge in [0.15, 0.2) is 0 Å². The Morgan fingerprint density at radius 3 is 2.42 bits per heavy atom. The Morgan fingerprint density at radius 1 is 1.25 bits per heavy atom. The molecule has 1 fully saturated rings. The number of aliphatic carboxylic acids is 1. The number of hydrogen-bond acceptors (Lipinski definition) is 4. The molecule has 2 rings (SSSR count). The molecule has 7 nitrogen and oxygen atoms in total. The van der Waals surface area contributed by atoms with Crippen molar-refractivity contribution in [2.75, 3.05) is 7.05 Å². The summed E-state index contributed by atoms with van der Waals surface area (Å²) in [7, 11) is -2.21. The van der Waals surface area contributed by atoms with E-state index in [2.05, 4.69) is 0 Å². The molecule has 0 atom stereocenters. The lowest BCUT2D eigenvalue weighted by molar-refractivity contribution is -0.151. The quantitative estimate of drug-likeness (QED) is 0.827. The van der Waals surface area contributed by atoms with Gasteiger partial charge in [0.25, 0.3) is 5.91 Å². The maximum Gasteiger partial charge on any atom is 0.329 e. The number of nitrogens with zero attached hydrogens (tertiary/aromatic N) is 1. The summed E-state index contributed by atoms with van der Waals surface area (Å²) in [5.41, 5.74) is -0.555. The summed E-state index contributed by atoms with van der Waals surface area (Å²) in [6, 6.07) is 6.12. The van der Waals surface area contributed by atoms with Gasteiger partial charge >= 0.3 is 5.97 Å². The van der Waals surface area contributed by atoms with Crippen LogP contribution in [0.25, 0.3) is 0 Å². The van der Waals surface area contributed by atoms with Crippen LogP contribution in [0.4, 0.5) is 0 Å². The second-order valence-corrected chi connectivity index (χ2v) is 7.88. The first-order valence-corrected chi connectivity index (χ1v) is 9.48. The van der Waals surface area contributed by atoms with Crippen LogP contribution in [0.2, 0.25) is 0 Å². The van der Waals surface area contributed by atoms with Gasteiger partial charge in [0.05, 0.1) is 5.75 Å². The lowest BCUT2D eigenvalue weighted by Crippen LogP contribution is -2.56. The molecule has 0 spiro atoms. The normalized spacial score (nSPS) is 17.2. The standard InChI is InChI=1S/C16H22N2O5S/c1-18(16(15(20)21)8-3-2-4-9-16)14(19)13-7-5-6-12(10-13)11-24(17,22)23/h5-7,10H,2-4,8-9,11H2,1H3,(H,20,21)(H2,17,22,23). The summed E-state index contributed by atoms with van der Waals surface area (Å²) >= 11 is 0. The number of likely N-dealkylation sites (N-methyl/N-ethyl adjacent to an activating group) is 1. The van der Waals surface area contributed by atoms with Crippen LogP contribution < -0.4 is 5.14 Å². The van der Waals surface area contributed by atoms with Crippen molar-refractivity contribution in [3.8, 4) is 0 Å². The van der Waals surface area contributed by atoms with Crippen LogP contribution in [0.5, 0.6) is 0 Å². The molecule has 0 unspecified atom stereocenters. The number of carbonyl (C=O) groups is 2. The summed E-state index contributed by atoms with van der Waals surface area (Å²) in [6.07, 6.45) is 3.31. The van der Waals surface area contributed by atoms with Crippen molar-refractivity contribution in [1.82, 2.24) is 4.90 Å². The Hall–Kier alpha value is -1.93. The van der Waals surface area contributed by atoms with Gasteiger partial charge in [0.1, 0.15) is 5.54 Å². The number of hydrogen-bond donors (Lipinski definition) is 2. The van der Waals surface area contributed by atoms with Crippen LogP contribution in [0.1, 0.15) is 48.0 Å². The van der Waals surface area contributed by atoms with Crippen molar-refractivity contribution in [1.29, 1.82) is 0 Å². The van der Waals surface area contributed by atoms with Gasteiger partial charge in [-0.3, -0.25) is 4.79 Å². The fourth-order valence-electron chi connectivity index (χ4n) is 3.24. The van der Waals surface area contributed by atoms with Crippen molar-refractivity contribution in [3.05, 3.63) is 35.4 Å². The van der Waals surface area contributed by atoms with Gasteiger partial charge in [0.2, 0.25) is 10.0 Å². The molecular formula is C16H22N2O5S. The predicted octanol–water partition coefficient (Wildman–Crippen LogP) is 1.33. The van der Waals surface area contributed by atoms with E-state index in [4.69, 9.17) is 5.14 Å². The Kier molecular flexibility index (Phi) is 5.29. The highest BCUT2D eigenvalue weighted by atomic mass is 32.2. The lowest BCUT2D eigenvalue weighted by Gasteiger charge is -2.41. The Morgan fingerprint density at radius 2 is 1.88 bits per heavy atom. The van der Waals surface area contributed by atoms with Gasteiger partial charge in [-0.1, -0.05) is 31.4 Å². The molecule has 0 aromatic heterocycles. The Bertz CT molecular complexity index is 739. The number of amides is 1. The third kappa shape index (κ3) is 3.93. The Balaban J connectivity index is 2.30. The second-order valence-electron chi connectivity index (χ2n) is 6.27. The SMILES string of the molecule is CN(C(=O)c1cccc(CS(N)(=O)=O)c1)C1(C(=O)O)CCCCC1. The number of nitrogens with two attached hydrogens (primary N) is 1. The average Bonchev–Trinajstić information content (AvgIpc) is 2.52. The van der Waals surface area contributed by atoms with E-state index in [1.54, 1.807) is 18.2 Å². The molecule has 1 aromatic carbocycles. The monoisotopic (exact) mass is 354 g/mol. The number of sulfonamides is 1. The van der Waals surface area contributed by atoms with Crippen LogP contribution in [-0.4, -0.2) is 42.9 Å². The fraction of sp³-hybridized carbons (Fsp3) is 0.500. The molecule has 3 N–H and O–H groups in total. The molecule has 0 heterocycles. The van der Waals surface area contributed by atoms with E-state index >= 15 is 0 Å². The van der Waals surface area contributed by atoms with Crippen molar-refractivity contribution in [3.63, 3.8) is 0 Å². The molecule has 0 aliphatic heterocycles. The van der Waals surface area contributed by atoms with Gasteiger partial charge < -0.3 is 10.0 Å². The minimum atomic E-state index is -3.70. The van der Waals surface area contributed by atoms with Crippen molar-refractivity contribution in [2.24, 2.45) is 5.14 Å². The van der Waals surface area contributed by atoms with Crippen LogP contribution in [0.3, 0.4) is 0 Å². The van der Waals surface area contributed by atoms with Gasteiger partial charge in [0, 0.05) is 12.6 Å². The number of carboxylic acid groups (broad SMARTS) is 1. The number of primary sulfonamides is 1. The second kappa shape index (κ2) is 6.90. The minimum absolute atomic E-state index is 0.254. The van der Waals surface area contributed by atoms with Gasteiger partial charge in [-0.05, 0) is 30.5 Å². The van der Waals surface area contributed by atoms with E-state index in [9.17, 15) is 23.1 Å². The number of rotatable bonds is 5. The topological polar surface area (TPSA) is 118 Å². The molecule has 1 aromatic rings. The molecule has 1 saturated carbocycles. The zero-order valence-corrected chi connectivity index (χ0v) is 14.4. The van der Waals surface area contributed by atoms with Crippen LogP contribution >= 0.6 is 0 Å². The largest absolute Gasteiger partial charge is 0.479 e. The van der Waals surface area contributed by atoms with Crippen molar-refractivity contribution >= 4 is 21.9 Å². The minimum Gasteiger partial charge on any atom is -0.479 e. The summed E-state index contributed by atoms with van der Waals surface area (Å²) in [5, 5.41) is 14.7. The molecule has 1 aliphatic carbocycles. The van der Waals surface area contributed by atoms with Gasteiger partial charge in [-0.15, -0.1) is 0 Å². The maximum atomic E-state index is 12.8. The Labute approximate surface area is 141 Å². The lowest BCUT2D eigenvalue weighted by atomic mass is 9.80. The van der Waals surface area contributed by atoms with Crippen molar-refractivity contribution in [2.45, 2.75) is 43.4 Å². The first-order chi connectivity index (χ1) is 11.2. The van der Waals surface area contributed by atoms with Crippen LogP contribution in [0.15, 0.2) is 24.3 Å². The van der Waals surface area contributed by atoms with E-state index in [-0.39, 0.29) is 11.3 Å². The summed E-state index contributed by atoms with van der Waals surface area (Å²) in [4.78, 5) is 25.9. The van der Waals surface area contributed by atoms with Gasteiger partial charge in [-0.25, -0.2) is 18.4 Å². The average molecular weight is 354 g/mol.